The molecule has 0 atom stereocenters. The van der Waals surface area contributed by atoms with Crippen LogP contribution in [0.1, 0.15) is 10.4 Å². The van der Waals surface area contributed by atoms with Gasteiger partial charge in [-0.3, -0.25) is 9.89 Å². The standard InChI is InChI=1S/C10H8N4O/c11-3-4-12-10(15)7-1-2-8-6-13-14-9(8)5-7/h1-2,5-6H,4H2,(H,12,15)(H,13,14). The monoisotopic (exact) mass is 200 g/mol. The Bertz CT molecular complexity index is 538. The Morgan fingerprint density at radius 3 is 3.27 bits per heavy atom. The molecule has 0 fully saturated rings. The van der Waals surface area contributed by atoms with Crippen molar-refractivity contribution in [3.8, 4) is 6.07 Å². The van der Waals surface area contributed by atoms with Crippen LogP contribution in [0.4, 0.5) is 0 Å². The van der Waals surface area contributed by atoms with E-state index >= 15 is 0 Å². The van der Waals surface area contributed by atoms with Crippen LogP contribution in [0.3, 0.4) is 0 Å². The molecule has 0 saturated heterocycles. The van der Waals surface area contributed by atoms with Gasteiger partial charge in [-0.05, 0) is 12.1 Å². The Morgan fingerprint density at radius 1 is 1.60 bits per heavy atom. The third-order valence-corrected chi connectivity index (χ3v) is 2.03. The molecule has 0 bridgehead atoms. The van der Waals surface area contributed by atoms with E-state index in [4.69, 9.17) is 5.26 Å². The molecule has 74 valence electrons. The maximum atomic E-state index is 11.5. The molecule has 1 aromatic carbocycles. The van der Waals surface area contributed by atoms with E-state index in [0.717, 1.165) is 10.9 Å². The number of aromatic amines is 1. The number of carbonyl (C=O) groups excluding carboxylic acids is 1. The van der Waals surface area contributed by atoms with E-state index in [1.165, 1.54) is 0 Å². The summed E-state index contributed by atoms with van der Waals surface area (Å²) in [5, 5.41) is 18.4. The predicted molar refractivity (Wildman–Crippen MR) is 54.0 cm³/mol. The second kappa shape index (κ2) is 3.80. The fourth-order valence-corrected chi connectivity index (χ4v) is 1.30. The van der Waals surface area contributed by atoms with E-state index in [-0.39, 0.29) is 12.5 Å². The number of nitriles is 1. The average Bonchev–Trinajstić information content (AvgIpc) is 2.72. The lowest BCUT2D eigenvalue weighted by atomic mass is 10.1. The first kappa shape index (κ1) is 9.21. The van der Waals surface area contributed by atoms with Crippen molar-refractivity contribution >= 4 is 16.8 Å². The van der Waals surface area contributed by atoms with Crippen molar-refractivity contribution in [1.82, 2.24) is 15.5 Å². The zero-order valence-electron chi connectivity index (χ0n) is 7.82. The number of carbonyl (C=O) groups is 1. The molecule has 1 amide bonds. The van der Waals surface area contributed by atoms with Gasteiger partial charge in [0, 0.05) is 10.9 Å². The Labute approximate surface area is 85.7 Å². The first-order chi connectivity index (χ1) is 7.31. The molecule has 15 heavy (non-hydrogen) atoms. The summed E-state index contributed by atoms with van der Waals surface area (Å²) in [6, 6.07) is 7.06. The molecule has 5 heteroatoms. The van der Waals surface area contributed by atoms with Gasteiger partial charge in [-0.25, -0.2) is 0 Å². The molecule has 1 heterocycles. The van der Waals surface area contributed by atoms with Gasteiger partial charge in [0.1, 0.15) is 6.54 Å². The summed E-state index contributed by atoms with van der Waals surface area (Å²) in [6.07, 6.45) is 1.69. The summed E-state index contributed by atoms with van der Waals surface area (Å²) in [6.45, 7) is 0.0137. The van der Waals surface area contributed by atoms with Gasteiger partial charge in [0.05, 0.1) is 17.8 Å². The average molecular weight is 200 g/mol. The van der Waals surface area contributed by atoms with E-state index in [1.807, 2.05) is 6.07 Å². The van der Waals surface area contributed by atoms with Gasteiger partial charge in [-0.15, -0.1) is 0 Å². The summed E-state index contributed by atoms with van der Waals surface area (Å²) >= 11 is 0. The molecule has 0 spiro atoms. The molecule has 0 unspecified atom stereocenters. The highest BCUT2D eigenvalue weighted by atomic mass is 16.1. The van der Waals surface area contributed by atoms with Crippen molar-refractivity contribution in [3.05, 3.63) is 30.0 Å². The summed E-state index contributed by atoms with van der Waals surface area (Å²) in [7, 11) is 0. The maximum absolute atomic E-state index is 11.5. The van der Waals surface area contributed by atoms with E-state index in [9.17, 15) is 4.79 Å². The highest BCUT2D eigenvalue weighted by Gasteiger charge is 2.05. The molecule has 5 nitrogen and oxygen atoms in total. The van der Waals surface area contributed by atoms with Crippen molar-refractivity contribution in [3.63, 3.8) is 0 Å². The quantitative estimate of drug-likeness (QED) is 0.704. The lowest BCUT2D eigenvalue weighted by molar-refractivity contribution is 0.0958. The van der Waals surface area contributed by atoms with Crippen LogP contribution < -0.4 is 5.32 Å². The summed E-state index contributed by atoms with van der Waals surface area (Å²) in [5.41, 5.74) is 1.32. The van der Waals surface area contributed by atoms with Gasteiger partial charge in [0.2, 0.25) is 0 Å². The van der Waals surface area contributed by atoms with Gasteiger partial charge >= 0.3 is 0 Å². The zero-order valence-corrected chi connectivity index (χ0v) is 7.82. The largest absolute Gasteiger partial charge is 0.339 e. The van der Waals surface area contributed by atoms with Crippen LogP contribution in [0.25, 0.3) is 10.9 Å². The van der Waals surface area contributed by atoms with Crippen molar-refractivity contribution in [2.24, 2.45) is 0 Å². The van der Waals surface area contributed by atoms with Gasteiger partial charge in [-0.1, -0.05) is 6.07 Å². The minimum absolute atomic E-state index is 0.0137. The van der Waals surface area contributed by atoms with E-state index in [2.05, 4.69) is 15.5 Å². The van der Waals surface area contributed by atoms with Crippen molar-refractivity contribution in [2.75, 3.05) is 6.54 Å². The minimum atomic E-state index is -0.256. The number of H-pyrrole nitrogens is 1. The normalized spacial score (nSPS) is 9.80. The SMILES string of the molecule is N#CCNC(=O)c1ccc2cn[nH]c2c1. The number of amides is 1. The maximum Gasteiger partial charge on any atom is 0.252 e. The van der Waals surface area contributed by atoms with Crippen molar-refractivity contribution in [1.29, 1.82) is 5.26 Å². The first-order valence-corrected chi connectivity index (χ1v) is 4.39. The molecule has 0 radical (unpaired) electrons. The number of hydrogen-bond donors (Lipinski definition) is 2. The Hall–Kier alpha value is -2.35. The number of aromatic nitrogens is 2. The molecule has 2 aromatic rings. The molecular formula is C10H8N4O. The van der Waals surface area contributed by atoms with Crippen LogP contribution in [0, 0.1) is 11.3 Å². The van der Waals surface area contributed by atoms with Crippen LogP contribution in [-0.4, -0.2) is 22.6 Å². The number of benzene rings is 1. The van der Waals surface area contributed by atoms with E-state index in [1.54, 1.807) is 24.4 Å². The molecule has 0 aliphatic rings. The summed E-state index contributed by atoms with van der Waals surface area (Å²) in [4.78, 5) is 11.5. The van der Waals surface area contributed by atoms with Gasteiger partial charge < -0.3 is 5.32 Å². The number of rotatable bonds is 2. The number of fused-ring (bicyclic) bond motifs is 1. The molecule has 2 rings (SSSR count). The smallest absolute Gasteiger partial charge is 0.252 e. The van der Waals surface area contributed by atoms with Gasteiger partial charge in [0.15, 0.2) is 0 Å². The van der Waals surface area contributed by atoms with E-state index < -0.39 is 0 Å². The minimum Gasteiger partial charge on any atom is -0.339 e. The molecule has 2 N–H and O–H groups in total. The topological polar surface area (TPSA) is 81.6 Å². The third-order valence-electron chi connectivity index (χ3n) is 2.03. The third kappa shape index (κ3) is 1.79. The van der Waals surface area contributed by atoms with E-state index in [0.29, 0.717) is 5.56 Å². The van der Waals surface area contributed by atoms with Crippen LogP contribution in [0.5, 0.6) is 0 Å². The lowest BCUT2D eigenvalue weighted by Crippen LogP contribution is -2.23. The highest BCUT2D eigenvalue weighted by molar-refractivity contribution is 5.97. The van der Waals surface area contributed by atoms with Crippen molar-refractivity contribution in [2.45, 2.75) is 0 Å². The van der Waals surface area contributed by atoms with Crippen LogP contribution in [-0.2, 0) is 0 Å². The Kier molecular flexibility index (Phi) is 2.33. The number of hydrogen-bond acceptors (Lipinski definition) is 3. The Balaban J connectivity index is 2.28. The fraction of sp³-hybridized carbons (Fsp3) is 0.100. The Morgan fingerprint density at radius 2 is 2.47 bits per heavy atom. The van der Waals surface area contributed by atoms with Crippen LogP contribution in [0.2, 0.25) is 0 Å². The second-order valence-electron chi connectivity index (χ2n) is 3.01. The van der Waals surface area contributed by atoms with Crippen molar-refractivity contribution < 1.29 is 4.79 Å². The fourth-order valence-electron chi connectivity index (χ4n) is 1.30. The second-order valence-corrected chi connectivity index (χ2v) is 3.01. The molecule has 1 aromatic heterocycles. The number of nitrogens with zero attached hydrogens (tertiary/aromatic N) is 2. The zero-order chi connectivity index (χ0) is 10.7. The van der Waals surface area contributed by atoms with Gasteiger partial charge in [-0.2, -0.15) is 10.4 Å². The van der Waals surface area contributed by atoms with Crippen LogP contribution >= 0.6 is 0 Å². The summed E-state index contributed by atoms with van der Waals surface area (Å²) in [5.74, 6) is -0.256. The van der Waals surface area contributed by atoms with Gasteiger partial charge in [0.25, 0.3) is 5.91 Å². The lowest BCUT2D eigenvalue weighted by Gasteiger charge is -2.00. The molecule has 0 aliphatic heterocycles. The van der Waals surface area contributed by atoms with Crippen LogP contribution in [0.15, 0.2) is 24.4 Å². The summed E-state index contributed by atoms with van der Waals surface area (Å²) < 4.78 is 0. The molecule has 0 aliphatic carbocycles. The molecular weight excluding hydrogens is 192 g/mol. The highest BCUT2D eigenvalue weighted by Crippen LogP contribution is 2.12. The predicted octanol–water partition coefficient (Wildman–Crippen LogP) is 0.816. The number of nitrogens with one attached hydrogen (secondary N) is 2. The first-order valence-electron chi connectivity index (χ1n) is 4.39. The molecule has 0 saturated carbocycles.